The van der Waals surface area contributed by atoms with Crippen LogP contribution in [0.2, 0.25) is 0 Å². The van der Waals surface area contributed by atoms with Crippen LogP contribution in [0.5, 0.6) is 0 Å². The van der Waals surface area contributed by atoms with Crippen LogP contribution in [0.15, 0.2) is 40.3 Å². The lowest BCUT2D eigenvalue weighted by Gasteiger charge is -2.40. The van der Waals surface area contributed by atoms with Gasteiger partial charge in [-0.15, -0.1) is 11.8 Å². The SMILES string of the molecule is CC1(C)[C@@H]2CC[C@]13[C@@H](C2)OC(=O)N3/N=C1\CCCC[C@@H]1Sc1ccccc1. The molecule has 0 unspecified atom stereocenters. The summed E-state index contributed by atoms with van der Waals surface area (Å²) in [4.78, 5) is 14.1. The topological polar surface area (TPSA) is 41.9 Å². The highest BCUT2D eigenvalue weighted by Gasteiger charge is 2.73. The number of hydrogen-bond donors (Lipinski definition) is 0. The number of amides is 1. The molecular weight excluding hydrogens is 356 g/mol. The minimum atomic E-state index is -0.235. The van der Waals surface area contributed by atoms with Gasteiger partial charge in [0, 0.05) is 10.1 Å². The maximum absolute atomic E-state index is 12.8. The van der Waals surface area contributed by atoms with Crippen molar-refractivity contribution in [1.82, 2.24) is 5.01 Å². The van der Waals surface area contributed by atoms with Crippen molar-refractivity contribution in [3.05, 3.63) is 30.3 Å². The largest absolute Gasteiger partial charge is 0.442 e. The van der Waals surface area contributed by atoms with E-state index in [1.807, 2.05) is 11.8 Å². The van der Waals surface area contributed by atoms with Gasteiger partial charge in [-0.1, -0.05) is 38.5 Å². The summed E-state index contributed by atoms with van der Waals surface area (Å²) in [5.74, 6) is 0.638. The third-order valence-corrected chi connectivity index (χ3v) is 8.94. The predicted octanol–water partition coefficient (Wildman–Crippen LogP) is 5.48. The Morgan fingerprint density at radius 3 is 2.78 bits per heavy atom. The van der Waals surface area contributed by atoms with Gasteiger partial charge in [0.1, 0.15) is 11.6 Å². The van der Waals surface area contributed by atoms with Crippen LogP contribution in [0.1, 0.15) is 58.8 Å². The van der Waals surface area contributed by atoms with Crippen LogP contribution in [0.4, 0.5) is 4.79 Å². The van der Waals surface area contributed by atoms with Crippen molar-refractivity contribution in [3.63, 3.8) is 0 Å². The first-order valence-electron chi connectivity index (χ1n) is 10.3. The summed E-state index contributed by atoms with van der Waals surface area (Å²) in [6.45, 7) is 4.63. The van der Waals surface area contributed by atoms with Gasteiger partial charge in [-0.05, 0) is 62.0 Å². The Kier molecular flexibility index (Phi) is 4.08. The Morgan fingerprint density at radius 2 is 2.00 bits per heavy atom. The first kappa shape index (κ1) is 17.6. The molecule has 1 aromatic carbocycles. The van der Waals surface area contributed by atoms with Crippen LogP contribution in [-0.4, -0.2) is 33.7 Å². The third kappa shape index (κ3) is 2.50. The lowest BCUT2D eigenvalue weighted by atomic mass is 9.75. The zero-order valence-electron chi connectivity index (χ0n) is 16.2. The second kappa shape index (κ2) is 6.26. The van der Waals surface area contributed by atoms with Crippen molar-refractivity contribution >= 4 is 23.6 Å². The number of carbonyl (C=O) groups excluding carboxylic acids is 1. The van der Waals surface area contributed by atoms with E-state index in [1.54, 1.807) is 5.01 Å². The number of benzene rings is 1. The Morgan fingerprint density at radius 1 is 1.19 bits per heavy atom. The van der Waals surface area contributed by atoms with E-state index in [0.717, 1.165) is 32.1 Å². The number of carbonyl (C=O) groups is 1. The Bertz CT molecular complexity index is 778. The molecule has 1 amide bonds. The number of thioether (sulfide) groups is 1. The molecule has 5 heteroatoms. The molecule has 4 atom stereocenters. The molecule has 3 aliphatic carbocycles. The normalized spacial score (nSPS) is 38.3. The third-order valence-electron chi connectivity index (χ3n) is 7.61. The molecule has 2 bridgehead atoms. The van der Waals surface area contributed by atoms with Gasteiger partial charge in [0.05, 0.1) is 5.71 Å². The zero-order valence-corrected chi connectivity index (χ0v) is 17.0. The fourth-order valence-electron chi connectivity index (χ4n) is 5.99. The van der Waals surface area contributed by atoms with Crippen molar-refractivity contribution in [2.45, 2.75) is 80.6 Å². The quantitative estimate of drug-likeness (QED) is 0.693. The van der Waals surface area contributed by atoms with Gasteiger partial charge in [0.2, 0.25) is 0 Å². The van der Waals surface area contributed by atoms with Crippen molar-refractivity contribution < 1.29 is 9.53 Å². The van der Waals surface area contributed by atoms with Crippen LogP contribution in [0, 0.1) is 11.3 Å². The number of hydrazone groups is 1. The molecule has 144 valence electrons. The lowest BCUT2D eigenvalue weighted by molar-refractivity contribution is 0.0567. The van der Waals surface area contributed by atoms with Gasteiger partial charge in [-0.3, -0.25) is 0 Å². The molecule has 1 saturated heterocycles. The number of ether oxygens (including phenoxy) is 1. The molecule has 0 radical (unpaired) electrons. The molecule has 3 saturated carbocycles. The zero-order chi connectivity index (χ0) is 18.6. The molecule has 1 spiro atoms. The van der Waals surface area contributed by atoms with Gasteiger partial charge in [-0.2, -0.15) is 10.1 Å². The first-order valence-corrected chi connectivity index (χ1v) is 11.2. The Labute approximate surface area is 165 Å². The standard InChI is InChI=1S/C22H28N2O2S/c1-21(2)15-12-13-22(21)19(14-15)26-20(25)24(22)23-17-10-6-7-11-18(17)27-16-8-4-3-5-9-16/h3-5,8-9,15,18-19H,6-7,10-14H2,1-2H3/b23-17+/t15-,18+,19-,22+/m1/s1. The molecule has 4 aliphatic rings. The van der Waals surface area contributed by atoms with Crippen LogP contribution < -0.4 is 0 Å². The molecule has 1 heterocycles. The van der Waals surface area contributed by atoms with Crippen molar-refractivity contribution in [2.24, 2.45) is 16.4 Å². The Hall–Kier alpha value is -1.49. The molecule has 1 aromatic rings. The van der Waals surface area contributed by atoms with Gasteiger partial charge >= 0.3 is 6.09 Å². The average molecular weight is 385 g/mol. The highest BCUT2D eigenvalue weighted by molar-refractivity contribution is 8.00. The van der Waals surface area contributed by atoms with Crippen molar-refractivity contribution in [1.29, 1.82) is 0 Å². The van der Waals surface area contributed by atoms with E-state index in [-0.39, 0.29) is 23.2 Å². The average Bonchev–Trinajstić information content (AvgIpc) is 3.18. The number of hydrogen-bond acceptors (Lipinski definition) is 4. The molecule has 0 aromatic heterocycles. The van der Waals surface area contributed by atoms with Gasteiger partial charge < -0.3 is 4.74 Å². The maximum Gasteiger partial charge on any atom is 0.431 e. The second-order valence-electron chi connectivity index (χ2n) is 9.06. The number of nitrogens with zero attached hydrogens (tertiary/aromatic N) is 2. The minimum Gasteiger partial charge on any atom is -0.442 e. The fourth-order valence-corrected chi connectivity index (χ4v) is 7.22. The summed E-state index contributed by atoms with van der Waals surface area (Å²) >= 11 is 1.89. The fraction of sp³-hybridized carbons (Fsp3) is 0.636. The molecule has 27 heavy (non-hydrogen) atoms. The minimum absolute atomic E-state index is 0.0203. The summed E-state index contributed by atoms with van der Waals surface area (Å²) in [5.41, 5.74) is 1.01. The van der Waals surface area contributed by atoms with Gasteiger partial charge in [-0.25, -0.2) is 4.79 Å². The Balaban J connectivity index is 1.47. The summed E-state index contributed by atoms with van der Waals surface area (Å²) in [5, 5.41) is 7.20. The summed E-state index contributed by atoms with van der Waals surface area (Å²) in [6.07, 6.45) is 7.51. The molecule has 1 aliphatic heterocycles. The van der Waals surface area contributed by atoms with E-state index in [9.17, 15) is 4.79 Å². The number of rotatable bonds is 3. The highest BCUT2D eigenvalue weighted by atomic mass is 32.2. The van der Waals surface area contributed by atoms with E-state index < -0.39 is 0 Å². The molecule has 4 fully saturated rings. The number of fused-ring (bicyclic) bond motifs is 1. The highest BCUT2D eigenvalue weighted by Crippen LogP contribution is 2.66. The molecular formula is C22H28N2O2S. The molecule has 5 rings (SSSR count). The van der Waals surface area contributed by atoms with Gasteiger partial charge in [0.25, 0.3) is 0 Å². The monoisotopic (exact) mass is 384 g/mol. The van der Waals surface area contributed by atoms with Gasteiger partial charge in [0.15, 0.2) is 0 Å². The second-order valence-corrected chi connectivity index (χ2v) is 10.3. The summed E-state index contributed by atoms with van der Waals surface area (Å²) < 4.78 is 5.83. The van der Waals surface area contributed by atoms with E-state index in [1.165, 1.54) is 23.4 Å². The molecule has 0 N–H and O–H groups in total. The smallest absolute Gasteiger partial charge is 0.431 e. The van der Waals surface area contributed by atoms with Crippen LogP contribution in [-0.2, 0) is 4.74 Å². The predicted molar refractivity (Wildman–Crippen MR) is 108 cm³/mol. The molecule has 4 nitrogen and oxygen atoms in total. The van der Waals surface area contributed by atoms with Crippen molar-refractivity contribution in [2.75, 3.05) is 0 Å². The van der Waals surface area contributed by atoms with E-state index >= 15 is 0 Å². The van der Waals surface area contributed by atoms with Crippen LogP contribution >= 0.6 is 11.8 Å². The van der Waals surface area contributed by atoms with Crippen LogP contribution in [0.3, 0.4) is 0 Å². The van der Waals surface area contributed by atoms with E-state index in [4.69, 9.17) is 9.84 Å². The van der Waals surface area contributed by atoms with E-state index in [0.29, 0.717) is 11.2 Å². The van der Waals surface area contributed by atoms with Crippen molar-refractivity contribution in [3.8, 4) is 0 Å². The van der Waals surface area contributed by atoms with E-state index in [2.05, 4.69) is 44.2 Å². The first-order chi connectivity index (χ1) is 13.0. The lowest BCUT2D eigenvalue weighted by Crippen LogP contribution is -2.53. The summed E-state index contributed by atoms with van der Waals surface area (Å²) in [6, 6.07) is 10.6. The van der Waals surface area contributed by atoms with Crippen LogP contribution in [0.25, 0.3) is 0 Å². The summed E-state index contributed by atoms with van der Waals surface area (Å²) in [7, 11) is 0. The maximum atomic E-state index is 12.8.